The van der Waals surface area contributed by atoms with E-state index in [1.165, 1.54) is 0 Å². The molecule has 2 heterocycles. The number of pyridine rings is 1. The summed E-state index contributed by atoms with van der Waals surface area (Å²) in [5.41, 5.74) is 2.84. The summed E-state index contributed by atoms with van der Waals surface area (Å²) in [6.45, 7) is 0.681. The first-order valence-electron chi connectivity index (χ1n) is 5.62. The number of nitrogens with zero attached hydrogens (tertiary/aromatic N) is 2. The lowest BCUT2D eigenvalue weighted by molar-refractivity contribution is 0.800. The van der Waals surface area contributed by atoms with Gasteiger partial charge < -0.3 is 4.98 Å². The second kappa shape index (κ2) is 5.07. The second-order valence-electron chi connectivity index (χ2n) is 4.17. The van der Waals surface area contributed by atoms with Gasteiger partial charge in [-0.15, -0.1) is 0 Å². The van der Waals surface area contributed by atoms with E-state index in [0.29, 0.717) is 16.3 Å². The van der Waals surface area contributed by atoms with Gasteiger partial charge in [0.25, 0.3) is 0 Å². The van der Waals surface area contributed by atoms with Crippen LogP contribution in [-0.2, 0) is 6.54 Å². The fourth-order valence-corrected chi connectivity index (χ4v) is 2.62. The average molecular weight is 355 g/mol. The van der Waals surface area contributed by atoms with Gasteiger partial charge >= 0.3 is 0 Å². The molecule has 6 heteroatoms. The van der Waals surface area contributed by atoms with Crippen molar-refractivity contribution in [2.45, 2.75) is 6.54 Å². The summed E-state index contributed by atoms with van der Waals surface area (Å²) in [6, 6.07) is 9.97. The molecule has 0 saturated heterocycles. The van der Waals surface area contributed by atoms with E-state index in [9.17, 15) is 0 Å². The minimum absolute atomic E-state index is 0.597. The van der Waals surface area contributed by atoms with Crippen LogP contribution in [0, 0.1) is 4.77 Å². The van der Waals surface area contributed by atoms with E-state index in [1.54, 1.807) is 6.20 Å². The molecule has 3 aromatic rings. The molecule has 0 aliphatic carbocycles. The van der Waals surface area contributed by atoms with Crippen molar-refractivity contribution in [2.75, 3.05) is 0 Å². The summed E-state index contributed by atoms with van der Waals surface area (Å²) in [4.78, 5) is 7.46. The lowest BCUT2D eigenvalue weighted by Gasteiger charge is -2.04. The van der Waals surface area contributed by atoms with Crippen LogP contribution in [0.15, 0.2) is 41.0 Å². The number of hydrogen-bond donors (Lipinski definition) is 1. The third-order valence-electron chi connectivity index (χ3n) is 2.83. The zero-order valence-corrected chi connectivity index (χ0v) is 12.9. The number of fused-ring (bicyclic) bond motifs is 1. The highest BCUT2D eigenvalue weighted by atomic mass is 79.9. The summed E-state index contributed by atoms with van der Waals surface area (Å²) in [6.07, 6.45) is 1.63. The first-order chi connectivity index (χ1) is 9.13. The number of aromatic amines is 1. The number of aromatic nitrogens is 3. The van der Waals surface area contributed by atoms with Crippen LogP contribution in [0.3, 0.4) is 0 Å². The Labute approximate surface area is 128 Å². The topological polar surface area (TPSA) is 33.6 Å². The maximum Gasteiger partial charge on any atom is 0.179 e. The molecule has 0 aliphatic rings. The smallest absolute Gasteiger partial charge is 0.179 e. The van der Waals surface area contributed by atoms with Crippen LogP contribution in [0.4, 0.5) is 0 Å². The van der Waals surface area contributed by atoms with Crippen LogP contribution < -0.4 is 0 Å². The molecule has 3 nitrogen and oxygen atoms in total. The van der Waals surface area contributed by atoms with Gasteiger partial charge in [0.2, 0.25) is 0 Å². The number of benzene rings is 1. The second-order valence-corrected chi connectivity index (χ2v) is 5.91. The largest absolute Gasteiger partial charge is 0.329 e. The normalized spacial score (nSPS) is 11.1. The van der Waals surface area contributed by atoms with E-state index in [-0.39, 0.29) is 0 Å². The summed E-state index contributed by atoms with van der Waals surface area (Å²) in [7, 11) is 0. The van der Waals surface area contributed by atoms with Crippen molar-refractivity contribution >= 4 is 50.9 Å². The highest BCUT2D eigenvalue weighted by Gasteiger charge is 2.07. The Morgan fingerprint density at radius 2 is 2.05 bits per heavy atom. The number of hydrogen-bond acceptors (Lipinski definition) is 2. The zero-order chi connectivity index (χ0) is 13.4. The highest BCUT2D eigenvalue weighted by Crippen LogP contribution is 2.18. The van der Waals surface area contributed by atoms with Gasteiger partial charge in [-0.2, -0.15) is 0 Å². The van der Waals surface area contributed by atoms with E-state index in [4.69, 9.17) is 23.8 Å². The third-order valence-corrected chi connectivity index (χ3v) is 3.89. The van der Waals surface area contributed by atoms with Crippen molar-refractivity contribution in [2.24, 2.45) is 0 Å². The number of halogens is 2. The molecule has 0 radical (unpaired) electrons. The van der Waals surface area contributed by atoms with Crippen LogP contribution in [-0.4, -0.2) is 14.5 Å². The molecule has 3 rings (SSSR count). The van der Waals surface area contributed by atoms with Crippen molar-refractivity contribution < 1.29 is 0 Å². The molecule has 19 heavy (non-hydrogen) atoms. The fraction of sp³-hybridized carbons (Fsp3) is 0.0769. The van der Waals surface area contributed by atoms with Gasteiger partial charge in [0.05, 0.1) is 17.1 Å². The molecule has 0 atom stereocenters. The van der Waals surface area contributed by atoms with E-state index in [1.807, 2.05) is 22.8 Å². The molecule has 1 N–H and O–H groups in total. The number of imidazole rings is 1. The third kappa shape index (κ3) is 2.59. The number of H-pyrrole nitrogens is 1. The molecule has 0 bridgehead atoms. The van der Waals surface area contributed by atoms with Gasteiger partial charge in [-0.05, 0) is 36.0 Å². The lowest BCUT2D eigenvalue weighted by Crippen LogP contribution is -2.00. The summed E-state index contributed by atoms with van der Waals surface area (Å²) in [5.74, 6) is 0. The van der Waals surface area contributed by atoms with Crippen molar-refractivity contribution in [3.63, 3.8) is 0 Å². The average Bonchev–Trinajstić information content (AvgIpc) is 2.68. The van der Waals surface area contributed by atoms with E-state index in [0.717, 1.165) is 21.2 Å². The van der Waals surface area contributed by atoms with Crippen molar-refractivity contribution in [1.82, 2.24) is 14.5 Å². The Balaban J connectivity index is 2.07. The minimum atomic E-state index is 0.597. The maximum absolute atomic E-state index is 5.93. The predicted molar refractivity (Wildman–Crippen MR) is 83.2 cm³/mol. The first-order valence-corrected chi connectivity index (χ1v) is 7.20. The SMILES string of the molecule is S=c1[nH]c2cc(Cl)cnc2n1Cc1ccc(Br)cc1. The van der Waals surface area contributed by atoms with Crippen LogP contribution >= 0.6 is 39.7 Å². The Kier molecular flexibility index (Phi) is 3.43. The van der Waals surface area contributed by atoms with Crippen LogP contribution in [0.5, 0.6) is 0 Å². The molecule has 0 spiro atoms. The Morgan fingerprint density at radius 1 is 1.32 bits per heavy atom. The summed E-state index contributed by atoms with van der Waals surface area (Å²) < 4.78 is 3.67. The first kappa shape index (κ1) is 12.8. The maximum atomic E-state index is 5.93. The van der Waals surface area contributed by atoms with Gasteiger partial charge in [0.15, 0.2) is 10.4 Å². The Bertz CT molecular complexity index is 792. The van der Waals surface area contributed by atoms with Crippen LogP contribution in [0.1, 0.15) is 5.56 Å². The van der Waals surface area contributed by atoms with E-state index >= 15 is 0 Å². The van der Waals surface area contributed by atoms with Gasteiger partial charge in [-0.25, -0.2) is 4.98 Å². The standard InChI is InChI=1S/C13H9BrClN3S/c14-9-3-1-8(2-4-9)7-18-12-11(17-13(18)19)5-10(15)6-16-12/h1-6H,7H2,(H,17,19). The molecular weight excluding hydrogens is 346 g/mol. The monoisotopic (exact) mass is 353 g/mol. The van der Waals surface area contributed by atoms with Gasteiger partial charge in [0.1, 0.15) is 0 Å². The Morgan fingerprint density at radius 3 is 2.79 bits per heavy atom. The molecule has 1 aromatic carbocycles. The van der Waals surface area contributed by atoms with Gasteiger partial charge in [-0.3, -0.25) is 4.57 Å². The van der Waals surface area contributed by atoms with Crippen LogP contribution in [0.25, 0.3) is 11.2 Å². The van der Waals surface area contributed by atoms with Crippen molar-refractivity contribution in [1.29, 1.82) is 0 Å². The summed E-state index contributed by atoms with van der Waals surface area (Å²) in [5, 5.41) is 0.597. The molecule has 0 aliphatic heterocycles. The molecule has 0 unspecified atom stereocenters. The van der Waals surface area contributed by atoms with Crippen molar-refractivity contribution in [3.8, 4) is 0 Å². The molecule has 0 amide bonds. The van der Waals surface area contributed by atoms with Crippen molar-refractivity contribution in [3.05, 3.63) is 56.4 Å². The molecule has 2 aromatic heterocycles. The van der Waals surface area contributed by atoms with Crippen LogP contribution in [0.2, 0.25) is 5.02 Å². The lowest BCUT2D eigenvalue weighted by atomic mass is 10.2. The van der Waals surface area contributed by atoms with Gasteiger partial charge in [-0.1, -0.05) is 39.7 Å². The quantitative estimate of drug-likeness (QED) is 0.685. The fourth-order valence-electron chi connectivity index (χ4n) is 1.94. The molecular formula is C13H9BrClN3S. The number of nitrogens with one attached hydrogen (secondary N) is 1. The molecule has 0 saturated carbocycles. The zero-order valence-electron chi connectivity index (χ0n) is 9.73. The van der Waals surface area contributed by atoms with Gasteiger partial charge in [0, 0.05) is 10.7 Å². The molecule has 96 valence electrons. The Hall–Kier alpha value is -1.17. The highest BCUT2D eigenvalue weighted by molar-refractivity contribution is 9.10. The predicted octanol–water partition coefficient (Wildman–Crippen LogP) is 4.56. The summed E-state index contributed by atoms with van der Waals surface area (Å²) >= 11 is 14.7. The number of rotatable bonds is 2. The van der Waals surface area contributed by atoms with E-state index in [2.05, 4.69) is 38.0 Å². The van der Waals surface area contributed by atoms with E-state index < -0.39 is 0 Å². The molecule has 0 fully saturated rings. The minimum Gasteiger partial charge on any atom is -0.329 e.